The molecular weight excluding hydrogens is 381 g/mol. The fourth-order valence-corrected chi connectivity index (χ4v) is 2.90. The topological polar surface area (TPSA) is 38.7 Å². The van der Waals surface area contributed by atoms with E-state index in [4.69, 9.17) is 9.47 Å². The molecule has 1 unspecified atom stereocenters. The number of aliphatic hydroxyl groups excluding tert-OH is 1. The number of hydrogen-bond acceptors (Lipinski definition) is 3. The summed E-state index contributed by atoms with van der Waals surface area (Å²) in [6.45, 7) is 3.37. The van der Waals surface area contributed by atoms with Crippen molar-refractivity contribution in [2.45, 2.75) is 26.6 Å². The van der Waals surface area contributed by atoms with Crippen molar-refractivity contribution < 1.29 is 27.8 Å². The second-order valence-corrected chi connectivity index (χ2v) is 6.51. The van der Waals surface area contributed by atoms with Crippen LogP contribution in [0.25, 0.3) is 11.1 Å². The Bertz CT molecular complexity index is 985. The molecule has 1 N–H and O–H groups in total. The lowest BCUT2D eigenvalue weighted by Crippen LogP contribution is -2.05. The van der Waals surface area contributed by atoms with Gasteiger partial charge in [-0.3, -0.25) is 0 Å². The third kappa shape index (κ3) is 4.71. The van der Waals surface area contributed by atoms with Crippen molar-refractivity contribution in [1.82, 2.24) is 0 Å². The maximum atomic E-state index is 14.1. The van der Waals surface area contributed by atoms with Gasteiger partial charge in [0.05, 0.1) is 12.7 Å². The van der Waals surface area contributed by atoms with Crippen LogP contribution in [0.4, 0.5) is 13.2 Å². The highest BCUT2D eigenvalue weighted by atomic mass is 19.2. The van der Waals surface area contributed by atoms with E-state index in [0.29, 0.717) is 17.9 Å². The molecule has 0 amide bonds. The van der Waals surface area contributed by atoms with Crippen LogP contribution < -0.4 is 9.47 Å². The number of halogens is 3. The fraction of sp³-hybridized carbons (Fsp3) is 0.217. The minimum Gasteiger partial charge on any atom is -0.491 e. The van der Waals surface area contributed by atoms with E-state index in [1.807, 2.05) is 0 Å². The Kier molecular flexibility index (Phi) is 6.44. The molecule has 0 heterocycles. The van der Waals surface area contributed by atoms with Crippen molar-refractivity contribution in [2.24, 2.45) is 0 Å². The molecule has 0 aliphatic rings. The maximum Gasteiger partial charge on any atom is 0.165 e. The van der Waals surface area contributed by atoms with Gasteiger partial charge in [0, 0.05) is 11.1 Å². The smallest absolute Gasteiger partial charge is 0.165 e. The normalized spacial score (nSPS) is 11.9. The molecule has 152 valence electrons. The zero-order valence-corrected chi connectivity index (χ0v) is 16.1. The largest absolute Gasteiger partial charge is 0.491 e. The third-order valence-corrected chi connectivity index (χ3v) is 4.46. The van der Waals surface area contributed by atoms with Crippen LogP contribution in [0.5, 0.6) is 11.5 Å². The van der Waals surface area contributed by atoms with Crippen molar-refractivity contribution in [1.29, 1.82) is 0 Å². The van der Waals surface area contributed by atoms with Crippen LogP contribution in [0.15, 0.2) is 54.6 Å². The summed E-state index contributed by atoms with van der Waals surface area (Å²) in [5, 5.41) is 9.44. The lowest BCUT2D eigenvalue weighted by Gasteiger charge is -2.12. The predicted octanol–water partition coefficient (Wildman–Crippen LogP) is 5.80. The molecule has 0 aliphatic heterocycles. The van der Waals surface area contributed by atoms with Crippen LogP contribution in [-0.4, -0.2) is 11.7 Å². The standard InChI is InChI=1S/C23H21F3O3/c1-3-28-21-11-7-16(12-20(21)24)15-4-8-18(9-5-15)29-13-17-6-10-19(14(2)27)23(26)22(17)25/h4-12,14,27H,3,13H2,1-2H3. The van der Waals surface area contributed by atoms with Gasteiger partial charge < -0.3 is 14.6 Å². The second-order valence-electron chi connectivity index (χ2n) is 6.51. The van der Waals surface area contributed by atoms with Gasteiger partial charge in [-0.05, 0) is 49.2 Å². The number of hydrogen-bond donors (Lipinski definition) is 1. The number of rotatable bonds is 7. The summed E-state index contributed by atoms with van der Waals surface area (Å²) in [6, 6.07) is 14.3. The summed E-state index contributed by atoms with van der Waals surface area (Å²) < 4.78 is 52.8. The molecule has 6 heteroatoms. The SMILES string of the molecule is CCOc1ccc(-c2ccc(OCc3ccc(C(C)O)c(F)c3F)cc2)cc1F. The maximum absolute atomic E-state index is 14.1. The minimum absolute atomic E-state index is 0.0459. The van der Waals surface area contributed by atoms with E-state index in [1.54, 1.807) is 43.3 Å². The number of aliphatic hydroxyl groups is 1. The Morgan fingerprint density at radius 2 is 1.55 bits per heavy atom. The molecule has 3 aromatic carbocycles. The first-order chi connectivity index (χ1) is 13.9. The molecule has 0 saturated heterocycles. The molecule has 1 atom stereocenters. The first kappa shape index (κ1) is 20.7. The van der Waals surface area contributed by atoms with Crippen LogP contribution in [0.3, 0.4) is 0 Å². The van der Waals surface area contributed by atoms with Gasteiger partial charge in [0.15, 0.2) is 23.2 Å². The fourth-order valence-electron chi connectivity index (χ4n) is 2.90. The molecular formula is C23H21F3O3. The van der Waals surface area contributed by atoms with E-state index in [2.05, 4.69) is 0 Å². The lowest BCUT2D eigenvalue weighted by molar-refractivity contribution is 0.192. The van der Waals surface area contributed by atoms with E-state index in [-0.39, 0.29) is 23.5 Å². The van der Waals surface area contributed by atoms with Crippen molar-refractivity contribution in [3.63, 3.8) is 0 Å². The molecule has 0 aliphatic carbocycles. The van der Waals surface area contributed by atoms with Crippen LogP contribution >= 0.6 is 0 Å². The van der Waals surface area contributed by atoms with Crippen LogP contribution in [0, 0.1) is 17.5 Å². The molecule has 0 radical (unpaired) electrons. The van der Waals surface area contributed by atoms with Gasteiger partial charge in [-0.25, -0.2) is 13.2 Å². The third-order valence-electron chi connectivity index (χ3n) is 4.46. The quantitative estimate of drug-likeness (QED) is 0.543. The van der Waals surface area contributed by atoms with Gasteiger partial charge in [0.2, 0.25) is 0 Å². The summed E-state index contributed by atoms with van der Waals surface area (Å²) in [4.78, 5) is 0. The zero-order chi connectivity index (χ0) is 21.0. The first-order valence-electron chi connectivity index (χ1n) is 9.21. The minimum atomic E-state index is -1.10. The van der Waals surface area contributed by atoms with Crippen molar-refractivity contribution in [2.75, 3.05) is 6.61 Å². The van der Waals surface area contributed by atoms with Gasteiger partial charge in [-0.1, -0.05) is 30.3 Å². The van der Waals surface area contributed by atoms with E-state index >= 15 is 0 Å². The van der Waals surface area contributed by atoms with Crippen molar-refractivity contribution in [3.8, 4) is 22.6 Å². The highest BCUT2D eigenvalue weighted by Gasteiger charge is 2.16. The zero-order valence-electron chi connectivity index (χ0n) is 16.1. The van der Waals surface area contributed by atoms with Crippen LogP contribution in [0.2, 0.25) is 0 Å². The Morgan fingerprint density at radius 3 is 2.17 bits per heavy atom. The van der Waals surface area contributed by atoms with Crippen molar-refractivity contribution >= 4 is 0 Å². The molecule has 0 bridgehead atoms. The van der Waals surface area contributed by atoms with E-state index in [9.17, 15) is 18.3 Å². The van der Waals surface area contributed by atoms with E-state index < -0.39 is 23.6 Å². The van der Waals surface area contributed by atoms with Gasteiger partial charge >= 0.3 is 0 Å². The van der Waals surface area contributed by atoms with E-state index in [0.717, 1.165) is 5.56 Å². The Hall–Kier alpha value is -2.99. The molecule has 3 nitrogen and oxygen atoms in total. The van der Waals surface area contributed by atoms with Crippen LogP contribution in [0.1, 0.15) is 31.1 Å². The van der Waals surface area contributed by atoms with E-state index in [1.165, 1.54) is 25.1 Å². The average Bonchev–Trinajstić information content (AvgIpc) is 2.71. The summed E-state index contributed by atoms with van der Waals surface area (Å²) in [6.07, 6.45) is -1.10. The summed E-state index contributed by atoms with van der Waals surface area (Å²) in [5.41, 5.74) is 1.40. The van der Waals surface area contributed by atoms with Crippen LogP contribution in [-0.2, 0) is 6.61 Å². The molecule has 29 heavy (non-hydrogen) atoms. The first-order valence-corrected chi connectivity index (χ1v) is 9.21. The molecule has 0 fully saturated rings. The molecule has 3 rings (SSSR count). The molecule has 0 aromatic heterocycles. The highest BCUT2D eigenvalue weighted by Crippen LogP contribution is 2.28. The molecule has 3 aromatic rings. The van der Waals surface area contributed by atoms with Gasteiger partial charge in [-0.15, -0.1) is 0 Å². The van der Waals surface area contributed by atoms with Gasteiger partial charge in [0.1, 0.15) is 12.4 Å². The van der Waals surface area contributed by atoms with Gasteiger partial charge in [0.25, 0.3) is 0 Å². The molecule has 0 spiro atoms. The summed E-state index contributed by atoms with van der Waals surface area (Å²) in [7, 11) is 0. The number of ether oxygens (including phenoxy) is 2. The van der Waals surface area contributed by atoms with Crippen molar-refractivity contribution in [3.05, 3.63) is 83.2 Å². The molecule has 0 saturated carbocycles. The number of benzene rings is 3. The van der Waals surface area contributed by atoms with Gasteiger partial charge in [-0.2, -0.15) is 0 Å². The Labute approximate surface area is 167 Å². The second kappa shape index (κ2) is 9.01. The Morgan fingerprint density at radius 1 is 0.862 bits per heavy atom. The summed E-state index contributed by atoms with van der Waals surface area (Å²) in [5.74, 6) is -1.90. The summed E-state index contributed by atoms with van der Waals surface area (Å²) >= 11 is 0. The Balaban J connectivity index is 1.70. The monoisotopic (exact) mass is 402 g/mol. The highest BCUT2D eigenvalue weighted by molar-refractivity contribution is 5.65. The average molecular weight is 402 g/mol. The predicted molar refractivity (Wildman–Crippen MR) is 104 cm³/mol. The lowest BCUT2D eigenvalue weighted by atomic mass is 10.1.